The summed E-state index contributed by atoms with van der Waals surface area (Å²) in [5.41, 5.74) is 0. The standard InChI is InChI=1S/C18H27N3O2/c22-16(19-15-11-14(15)12-5-2-1-3-6-12)7-4-8-17-20-18(21-23-17)13-9-10-13/h12-15H,1-11H2,(H,19,22)/t14-,15-/m0/s1. The highest BCUT2D eigenvalue weighted by molar-refractivity contribution is 5.76. The molecule has 1 amide bonds. The lowest BCUT2D eigenvalue weighted by atomic mass is 9.85. The Hall–Kier alpha value is -1.39. The van der Waals surface area contributed by atoms with E-state index in [1.165, 1.54) is 51.4 Å². The topological polar surface area (TPSA) is 68.0 Å². The minimum absolute atomic E-state index is 0.190. The summed E-state index contributed by atoms with van der Waals surface area (Å²) in [6, 6.07) is 0.454. The summed E-state index contributed by atoms with van der Waals surface area (Å²) < 4.78 is 5.24. The fraction of sp³-hybridized carbons (Fsp3) is 0.833. The van der Waals surface area contributed by atoms with Crippen LogP contribution in [0, 0.1) is 11.8 Å². The molecule has 4 rings (SSSR count). The minimum Gasteiger partial charge on any atom is -0.353 e. The number of nitrogens with zero attached hydrogens (tertiary/aromatic N) is 2. The van der Waals surface area contributed by atoms with Gasteiger partial charge in [0.2, 0.25) is 11.8 Å². The molecule has 0 radical (unpaired) electrons. The third-order valence-corrected chi connectivity index (χ3v) is 5.66. The van der Waals surface area contributed by atoms with Crippen LogP contribution >= 0.6 is 0 Å². The molecule has 3 saturated carbocycles. The third-order valence-electron chi connectivity index (χ3n) is 5.66. The maximum atomic E-state index is 12.1. The summed E-state index contributed by atoms with van der Waals surface area (Å²) in [6.45, 7) is 0. The van der Waals surface area contributed by atoms with Gasteiger partial charge in [0, 0.05) is 24.8 Å². The molecule has 0 aliphatic heterocycles. The minimum atomic E-state index is 0.190. The lowest BCUT2D eigenvalue weighted by Crippen LogP contribution is -2.28. The number of hydrogen-bond donors (Lipinski definition) is 1. The molecular weight excluding hydrogens is 290 g/mol. The number of carbonyl (C=O) groups excluding carboxylic acids is 1. The van der Waals surface area contributed by atoms with Crippen molar-refractivity contribution in [3.63, 3.8) is 0 Å². The summed E-state index contributed by atoms with van der Waals surface area (Å²) in [7, 11) is 0. The van der Waals surface area contributed by atoms with Gasteiger partial charge >= 0.3 is 0 Å². The van der Waals surface area contributed by atoms with Crippen LogP contribution in [-0.2, 0) is 11.2 Å². The highest BCUT2D eigenvalue weighted by Gasteiger charge is 2.43. The van der Waals surface area contributed by atoms with Gasteiger partial charge in [0.15, 0.2) is 5.82 Å². The third kappa shape index (κ3) is 3.93. The number of rotatable bonds is 7. The zero-order chi connectivity index (χ0) is 15.6. The van der Waals surface area contributed by atoms with Gasteiger partial charge in [0.25, 0.3) is 0 Å². The van der Waals surface area contributed by atoms with E-state index in [0.29, 0.717) is 30.7 Å². The van der Waals surface area contributed by atoms with Crippen molar-refractivity contribution < 1.29 is 9.32 Å². The molecule has 2 atom stereocenters. The molecule has 1 N–H and O–H groups in total. The second-order valence-electron chi connectivity index (χ2n) is 7.65. The fourth-order valence-electron chi connectivity index (χ4n) is 4.02. The largest absolute Gasteiger partial charge is 0.353 e. The molecule has 3 aliphatic rings. The SMILES string of the molecule is O=C(CCCc1nc(C2CC2)no1)N[C@H]1C[C@H]1C1CCCCC1. The number of carbonyl (C=O) groups is 1. The Morgan fingerprint density at radius 3 is 2.78 bits per heavy atom. The quantitative estimate of drug-likeness (QED) is 0.837. The molecule has 1 aromatic rings. The summed E-state index contributed by atoms with van der Waals surface area (Å²) in [5.74, 6) is 3.89. The lowest BCUT2D eigenvalue weighted by Gasteiger charge is -2.21. The predicted octanol–water partition coefficient (Wildman–Crippen LogP) is 3.35. The molecule has 3 fully saturated rings. The van der Waals surface area contributed by atoms with E-state index in [4.69, 9.17) is 4.52 Å². The number of aryl methyl sites for hydroxylation is 1. The van der Waals surface area contributed by atoms with E-state index < -0.39 is 0 Å². The van der Waals surface area contributed by atoms with Crippen LogP contribution < -0.4 is 5.32 Å². The monoisotopic (exact) mass is 317 g/mol. The van der Waals surface area contributed by atoms with Crippen LogP contribution in [-0.4, -0.2) is 22.1 Å². The maximum absolute atomic E-state index is 12.1. The Labute approximate surface area is 137 Å². The van der Waals surface area contributed by atoms with Crippen LogP contribution in [0.25, 0.3) is 0 Å². The van der Waals surface area contributed by atoms with Crippen molar-refractivity contribution in [2.75, 3.05) is 0 Å². The van der Waals surface area contributed by atoms with Crippen molar-refractivity contribution >= 4 is 5.91 Å². The molecule has 3 aliphatic carbocycles. The van der Waals surface area contributed by atoms with Gasteiger partial charge in [-0.25, -0.2) is 0 Å². The number of nitrogens with one attached hydrogen (secondary N) is 1. The average molecular weight is 317 g/mol. The van der Waals surface area contributed by atoms with E-state index in [-0.39, 0.29) is 5.91 Å². The van der Waals surface area contributed by atoms with Gasteiger partial charge in [-0.1, -0.05) is 37.3 Å². The smallest absolute Gasteiger partial charge is 0.226 e. The van der Waals surface area contributed by atoms with Crippen molar-refractivity contribution in [3.05, 3.63) is 11.7 Å². The first kappa shape index (κ1) is 15.2. The molecule has 1 aromatic heterocycles. The van der Waals surface area contributed by atoms with E-state index in [0.717, 1.165) is 24.1 Å². The first-order valence-corrected chi connectivity index (χ1v) is 9.41. The molecule has 0 unspecified atom stereocenters. The highest BCUT2D eigenvalue weighted by atomic mass is 16.5. The van der Waals surface area contributed by atoms with Gasteiger partial charge in [0.05, 0.1) is 0 Å². The average Bonchev–Trinajstić information content (AvgIpc) is 3.49. The summed E-state index contributed by atoms with van der Waals surface area (Å²) in [6.07, 6.45) is 12.6. The summed E-state index contributed by atoms with van der Waals surface area (Å²) in [5, 5.41) is 7.22. The van der Waals surface area contributed by atoms with E-state index in [9.17, 15) is 4.79 Å². The van der Waals surface area contributed by atoms with Crippen molar-refractivity contribution in [3.8, 4) is 0 Å². The second-order valence-corrected chi connectivity index (χ2v) is 7.65. The van der Waals surface area contributed by atoms with Crippen molar-refractivity contribution in [2.24, 2.45) is 11.8 Å². The Morgan fingerprint density at radius 1 is 1.17 bits per heavy atom. The van der Waals surface area contributed by atoms with Crippen LogP contribution in [0.1, 0.15) is 81.8 Å². The van der Waals surface area contributed by atoms with Crippen molar-refractivity contribution in [1.82, 2.24) is 15.5 Å². The molecule has 0 aromatic carbocycles. The second kappa shape index (κ2) is 6.62. The first-order chi connectivity index (χ1) is 11.3. The zero-order valence-corrected chi connectivity index (χ0v) is 13.8. The zero-order valence-electron chi connectivity index (χ0n) is 13.8. The molecular formula is C18H27N3O2. The van der Waals surface area contributed by atoms with Crippen LogP contribution in [0.4, 0.5) is 0 Å². The van der Waals surface area contributed by atoms with E-state index in [2.05, 4.69) is 15.5 Å². The molecule has 0 spiro atoms. The maximum Gasteiger partial charge on any atom is 0.226 e. The molecule has 0 bridgehead atoms. The Balaban J connectivity index is 1.13. The van der Waals surface area contributed by atoms with Crippen LogP contribution in [0.5, 0.6) is 0 Å². The Morgan fingerprint density at radius 2 is 2.00 bits per heavy atom. The summed E-state index contributed by atoms with van der Waals surface area (Å²) in [4.78, 5) is 16.5. The molecule has 0 saturated heterocycles. The van der Waals surface area contributed by atoms with E-state index in [1.807, 2.05) is 0 Å². The molecule has 5 heteroatoms. The Kier molecular flexibility index (Phi) is 4.36. The van der Waals surface area contributed by atoms with Crippen LogP contribution in [0.2, 0.25) is 0 Å². The van der Waals surface area contributed by atoms with Gasteiger partial charge in [-0.3, -0.25) is 4.79 Å². The number of aromatic nitrogens is 2. The summed E-state index contributed by atoms with van der Waals surface area (Å²) >= 11 is 0. The first-order valence-electron chi connectivity index (χ1n) is 9.41. The molecule has 126 valence electrons. The van der Waals surface area contributed by atoms with Gasteiger partial charge in [-0.05, 0) is 37.5 Å². The van der Waals surface area contributed by atoms with Gasteiger partial charge < -0.3 is 9.84 Å². The van der Waals surface area contributed by atoms with E-state index in [1.54, 1.807) is 0 Å². The van der Waals surface area contributed by atoms with Crippen molar-refractivity contribution in [1.29, 1.82) is 0 Å². The Bertz CT molecular complexity index is 546. The molecule has 1 heterocycles. The van der Waals surface area contributed by atoms with Crippen molar-refractivity contribution in [2.45, 2.75) is 82.6 Å². The van der Waals surface area contributed by atoms with Crippen LogP contribution in [0.15, 0.2) is 4.52 Å². The molecule has 5 nitrogen and oxygen atoms in total. The number of amides is 1. The van der Waals surface area contributed by atoms with Crippen LogP contribution in [0.3, 0.4) is 0 Å². The highest BCUT2D eigenvalue weighted by Crippen LogP contribution is 2.44. The lowest BCUT2D eigenvalue weighted by molar-refractivity contribution is -0.121. The fourth-order valence-corrected chi connectivity index (χ4v) is 4.02. The normalized spacial score (nSPS) is 27.8. The molecule has 23 heavy (non-hydrogen) atoms. The van der Waals surface area contributed by atoms with E-state index >= 15 is 0 Å². The van der Waals surface area contributed by atoms with Gasteiger partial charge in [-0.15, -0.1) is 0 Å². The van der Waals surface area contributed by atoms with Gasteiger partial charge in [-0.2, -0.15) is 4.98 Å². The van der Waals surface area contributed by atoms with Gasteiger partial charge in [0.1, 0.15) is 0 Å². The number of hydrogen-bond acceptors (Lipinski definition) is 4. The predicted molar refractivity (Wildman–Crippen MR) is 85.8 cm³/mol.